The molecule has 1 unspecified atom stereocenters. The van der Waals surface area contributed by atoms with Gasteiger partial charge in [0, 0.05) is 28.7 Å². The number of thiocarbonyl (C=S) groups is 1. The average molecular weight is 436 g/mol. The summed E-state index contributed by atoms with van der Waals surface area (Å²) in [4.78, 5) is 16.6. The SMILES string of the molecule is CC1(C)SC(=S)N(/N=C/c2cccnc2)C1N(O)C(=O)Nc1cccc(Cl)c1. The number of halogens is 1. The summed E-state index contributed by atoms with van der Waals surface area (Å²) in [6.07, 6.45) is 4.09. The molecule has 28 heavy (non-hydrogen) atoms. The predicted octanol–water partition coefficient (Wildman–Crippen LogP) is 4.43. The van der Waals surface area contributed by atoms with Gasteiger partial charge in [-0.2, -0.15) is 10.2 Å². The molecule has 7 nitrogen and oxygen atoms in total. The second-order valence-corrected chi connectivity index (χ2v) is 9.23. The van der Waals surface area contributed by atoms with Gasteiger partial charge in [0.05, 0.1) is 11.0 Å². The second-order valence-electron chi connectivity index (χ2n) is 6.51. The molecule has 146 valence electrons. The molecular weight excluding hydrogens is 418 g/mol. The Morgan fingerprint density at radius 1 is 1.46 bits per heavy atom. The van der Waals surface area contributed by atoms with Gasteiger partial charge in [0.1, 0.15) is 0 Å². The molecule has 0 bridgehead atoms. The highest BCUT2D eigenvalue weighted by Crippen LogP contribution is 2.42. The van der Waals surface area contributed by atoms with Gasteiger partial charge < -0.3 is 5.32 Å². The smallest absolute Gasteiger partial charge is 0.306 e. The summed E-state index contributed by atoms with van der Waals surface area (Å²) < 4.78 is -0.145. The highest BCUT2D eigenvalue weighted by atomic mass is 35.5. The van der Waals surface area contributed by atoms with Crippen molar-refractivity contribution in [2.45, 2.75) is 24.8 Å². The number of rotatable bonds is 4. The molecule has 1 aromatic carbocycles. The van der Waals surface area contributed by atoms with Gasteiger partial charge in [0.15, 0.2) is 10.5 Å². The minimum atomic E-state index is -0.808. The average Bonchev–Trinajstić information content (AvgIpc) is 2.88. The van der Waals surface area contributed by atoms with Gasteiger partial charge in [-0.05, 0) is 38.1 Å². The van der Waals surface area contributed by atoms with Gasteiger partial charge in [-0.3, -0.25) is 10.2 Å². The van der Waals surface area contributed by atoms with Crippen molar-refractivity contribution >= 4 is 57.8 Å². The number of benzene rings is 1. The number of carbonyl (C=O) groups is 1. The Kier molecular flexibility index (Phi) is 6.19. The van der Waals surface area contributed by atoms with Gasteiger partial charge >= 0.3 is 6.03 Å². The molecule has 0 radical (unpaired) electrons. The van der Waals surface area contributed by atoms with Crippen molar-refractivity contribution in [3.8, 4) is 0 Å². The van der Waals surface area contributed by atoms with Crippen LogP contribution in [0.5, 0.6) is 0 Å². The summed E-state index contributed by atoms with van der Waals surface area (Å²) in [7, 11) is 0. The third-order valence-electron chi connectivity index (χ3n) is 3.92. The zero-order valence-corrected chi connectivity index (χ0v) is 17.5. The van der Waals surface area contributed by atoms with Crippen LogP contribution in [0.15, 0.2) is 53.9 Å². The molecule has 2 heterocycles. The molecule has 2 aromatic rings. The van der Waals surface area contributed by atoms with E-state index in [4.69, 9.17) is 23.8 Å². The zero-order valence-electron chi connectivity index (χ0n) is 15.1. The minimum Gasteiger partial charge on any atom is -0.306 e. The molecule has 3 rings (SSSR count). The lowest BCUT2D eigenvalue weighted by Crippen LogP contribution is -2.54. The van der Waals surface area contributed by atoms with Gasteiger partial charge in [-0.25, -0.2) is 9.80 Å². The van der Waals surface area contributed by atoms with Crippen LogP contribution >= 0.6 is 35.6 Å². The van der Waals surface area contributed by atoms with Crippen LogP contribution in [0.4, 0.5) is 10.5 Å². The highest BCUT2D eigenvalue weighted by Gasteiger charge is 2.50. The summed E-state index contributed by atoms with van der Waals surface area (Å²) in [6, 6.07) is 9.57. The van der Waals surface area contributed by atoms with E-state index >= 15 is 0 Å². The number of hydrogen-bond acceptors (Lipinski definition) is 6. The first-order valence-electron chi connectivity index (χ1n) is 8.29. The number of pyridine rings is 1. The number of aromatic nitrogens is 1. The summed E-state index contributed by atoms with van der Waals surface area (Å²) in [6.45, 7) is 3.76. The molecule has 0 spiro atoms. The molecule has 1 atom stereocenters. The molecule has 1 fully saturated rings. The predicted molar refractivity (Wildman–Crippen MR) is 116 cm³/mol. The maximum atomic E-state index is 12.6. The Morgan fingerprint density at radius 3 is 2.93 bits per heavy atom. The van der Waals surface area contributed by atoms with E-state index < -0.39 is 16.9 Å². The van der Waals surface area contributed by atoms with E-state index in [-0.39, 0.29) is 0 Å². The van der Waals surface area contributed by atoms with Crippen molar-refractivity contribution in [3.63, 3.8) is 0 Å². The van der Waals surface area contributed by atoms with E-state index in [0.29, 0.717) is 20.1 Å². The third kappa shape index (κ3) is 4.61. The van der Waals surface area contributed by atoms with Crippen molar-refractivity contribution in [1.29, 1.82) is 0 Å². The fourth-order valence-corrected chi connectivity index (χ4v) is 4.64. The first kappa shape index (κ1) is 20.5. The van der Waals surface area contributed by atoms with Gasteiger partial charge in [-0.1, -0.05) is 47.7 Å². The van der Waals surface area contributed by atoms with Crippen LogP contribution in [0.1, 0.15) is 19.4 Å². The fourth-order valence-electron chi connectivity index (χ4n) is 2.67. The first-order chi connectivity index (χ1) is 13.3. The van der Waals surface area contributed by atoms with Crippen molar-refractivity contribution in [1.82, 2.24) is 15.1 Å². The highest BCUT2D eigenvalue weighted by molar-refractivity contribution is 8.24. The summed E-state index contributed by atoms with van der Waals surface area (Å²) in [5.74, 6) is 0. The summed E-state index contributed by atoms with van der Waals surface area (Å²) >= 11 is 12.7. The molecule has 1 aromatic heterocycles. The van der Waals surface area contributed by atoms with E-state index in [1.807, 2.05) is 19.9 Å². The molecule has 0 saturated carbocycles. The minimum absolute atomic E-state index is 0.449. The number of urea groups is 1. The molecular formula is C18H18ClN5O2S2. The first-order valence-corrected chi connectivity index (χ1v) is 9.89. The Morgan fingerprint density at radius 2 is 2.25 bits per heavy atom. The summed E-state index contributed by atoms with van der Waals surface area (Å²) in [5, 5.41) is 20.2. The number of anilines is 1. The number of thioether (sulfide) groups is 1. The number of amides is 2. The largest absolute Gasteiger partial charge is 0.347 e. The Bertz CT molecular complexity index is 910. The Hall–Kier alpha value is -2.20. The molecule has 1 aliphatic rings. The number of nitrogens with one attached hydrogen (secondary N) is 1. The topological polar surface area (TPSA) is 81.1 Å². The third-order valence-corrected chi connectivity index (χ3v) is 5.69. The van der Waals surface area contributed by atoms with Crippen LogP contribution in [0, 0.1) is 0 Å². The standard InChI is InChI=1S/C18H18ClN5O2S2/c1-18(2)15(24(26)16(25)22-14-7-3-6-13(19)9-14)23(17(27)28-18)21-11-12-5-4-8-20-10-12/h3-11,15,26H,1-2H3,(H,22,25)/b21-11+. The molecule has 2 N–H and O–H groups in total. The summed E-state index contributed by atoms with van der Waals surface area (Å²) in [5.41, 5.74) is 1.24. The molecule has 0 aliphatic carbocycles. The number of hydrogen-bond donors (Lipinski definition) is 2. The lowest BCUT2D eigenvalue weighted by Gasteiger charge is -2.34. The molecule has 1 saturated heterocycles. The molecule has 1 aliphatic heterocycles. The zero-order chi connectivity index (χ0) is 20.3. The Labute approximate surface area is 177 Å². The monoisotopic (exact) mass is 435 g/mol. The van der Waals surface area contributed by atoms with Gasteiger partial charge in [-0.15, -0.1) is 0 Å². The van der Waals surface area contributed by atoms with E-state index in [1.165, 1.54) is 16.8 Å². The molecule has 2 amide bonds. The van der Waals surface area contributed by atoms with Crippen molar-refractivity contribution in [2.24, 2.45) is 5.10 Å². The van der Waals surface area contributed by atoms with Crippen molar-refractivity contribution in [2.75, 3.05) is 5.32 Å². The fraction of sp³-hybridized carbons (Fsp3) is 0.222. The Balaban J connectivity index is 1.81. The second kappa shape index (κ2) is 8.44. The maximum absolute atomic E-state index is 12.6. The number of nitrogens with zero attached hydrogens (tertiary/aromatic N) is 4. The molecule has 10 heteroatoms. The van der Waals surface area contributed by atoms with Gasteiger partial charge in [0.25, 0.3) is 0 Å². The van der Waals surface area contributed by atoms with Crippen LogP contribution < -0.4 is 5.32 Å². The van der Waals surface area contributed by atoms with E-state index in [2.05, 4.69) is 15.4 Å². The number of carbonyl (C=O) groups excluding carboxylic acids is 1. The quantitative estimate of drug-likeness (QED) is 0.320. The van der Waals surface area contributed by atoms with Crippen LogP contribution in [0.2, 0.25) is 5.02 Å². The van der Waals surface area contributed by atoms with Gasteiger partial charge in [0.2, 0.25) is 0 Å². The lowest BCUT2D eigenvalue weighted by molar-refractivity contribution is -0.114. The van der Waals surface area contributed by atoms with E-state index in [1.54, 1.807) is 48.9 Å². The van der Waals surface area contributed by atoms with E-state index in [9.17, 15) is 10.0 Å². The number of hydrazone groups is 1. The van der Waals surface area contributed by atoms with Crippen LogP contribution in [0.25, 0.3) is 0 Å². The maximum Gasteiger partial charge on any atom is 0.347 e. The van der Waals surface area contributed by atoms with Crippen LogP contribution in [0.3, 0.4) is 0 Å². The van der Waals surface area contributed by atoms with Crippen molar-refractivity contribution < 1.29 is 10.0 Å². The van der Waals surface area contributed by atoms with Crippen molar-refractivity contribution in [3.05, 3.63) is 59.4 Å². The number of hydroxylamine groups is 2. The van der Waals surface area contributed by atoms with Crippen LogP contribution in [-0.4, -0.2) is 47.7 Å². The lowest BCUT2D eigenvalue weighted by atomic mass is 10.1. The normalized spacial score (nSPS) is 18.5. The van der Waals surface area contributed by atoms with E-state index in [0.717, 1.165) is 5.56 Å². The van der Waals surface area contributed by atoms with Crippen LogP contribution in [-0.2, 0) is 0 Å².